The summed E-state index contributed by atoms with van der Waals surface area (Å²) >= 11 is 12.9. The van der Waals surface area contributed by atoms with Gasteiger partial charge in [0.2, 0.25) is 5.75 Å². The van der Waals surface area contributed by atoms with Crippen LogP contribution in [0.4, 0.5) is 14.9 Å². The van der Waals surface area contributed by atoms with E-state index >= 15 is 0 Å². The Hall–Kier alpha value is -4.84. The third-order valence-electron chi connectivity index (χ3n) is 11.4. The monoisotopic (exact) mass is 788 g/mol. The van der Waals surface area contributed by atoms with Crippen LogP contribution in [-0.4, -0.2) is 92.1 Å². The fourth-order valence-electron chi connectivity index (χ4n) is 8.39. The number of halogens is 3. The van der Waals surface area contributed by atoms with Gasteiger partial charge in [0.25, 0.3) is 11.8 Å². The Morgan fingerprint density at radius 1 is 0.800 bits per heavy atom. The third kappa shape index (κ3) is 7.21. The quantitative estimate of drug-likeness (QED) is 0.143. The van der Waals surface area contributed by atoms with Gasteiger partial charge in [-0.1, -0.05) is 59.6 Å². The topological polar surface area (TPSA) is 91.9 Å². The van der Waals surface area contributed by atoms with Gasteiger partial charge < -0.3 is 24.0 Å². The van der Waals surface area contributed by atoms with Crippen LogP contribution in [0.2, 0.25) is 10.0 Å². The molecule has 1 atom stereocenters. The van der Waals surface area contributed by atoms with E-state index in [0.717, 1.165) is 11.1 Å². The van der Waals surface area contributed by atoms with Crippen molar-refractivity contribution in [2.45, 2.75) is 43.2 Å². The zero-order valence-electron chi connectivity index (χ0n) is 31.0. The second-order valence-corrected chi connectivity index (χ2v) is 15.2. The number of likely N-dealkylation sites (tertiary alicyclic amines) is 2. The molecule has 3 aliphatic heterocycles. The van der Waals surface area contributed by atoms with Crippen LogP contribution < -0.4 is 19.1 Å². The van der Waals surface area contributed by atoms with E-state index in [9.17, 15) is 18.8 Å². The van der Waals surface area contributed by atoms with E-state index in [4.69, 9.17) is 37.4 Å². The van der Waals surface area contributed by atoms with Crippen molar-refractivity contribution in [1.29, 1.82) is 0 Å². The number of hydrogen-bond acceptors (Lipinski definition) is 7. The van der Waals surface area contributed by atoms with Crippen LogP contribution in [0, 0.1) is 5.82 Å². The number of benzene rings is 4. The molecule has 3 heterocycles. The highest BCUT2D eigenvalue weighted by Crippen LogP contribution is 2.45. The van der Waals surface area contributed by atoms with Gasteiger partial charge in [0, 0.05) is 42.8 Å². The molecule has 7 rings (SSSR count). The van der Waals surface area contributed by atoms with Crippen LogP contribution in [0.3, 0.4) is 0 Å². The van der Waals surface area contributed by atoms with Crippen molar-refractivity contribution in [3.63, 3.8) is 0 Å². The van der Waals surface area contributed by atoms with Crippen LogP contribution in [-0.2, 0) is 16.8 Å². The Bertz CT molecular complexity index is 2050. The lowest BCUT2D eigenvalue weighted by Gasteiger charge is -2.43. The lowest BCUT2D eigenvalue weighted by Crippen LogP contribution is -2.57. The number of ether oxygens (including phenoxy) is 3. The predicted octanol–water partition coefficient (Wildman–Crippen LogP) is 7.84. The van der Waals surface area contributed by atoms with E-state index in [1.54, 1.807) is 35.2 Å². The molecule has 1 unspecified atom stereocenters. The van der Waals surface area contributed by atoms with Crippen LogP contribution in [0.25, 0.3) is 0 Å². The summed E-state index contributed by atoms with van der Waals surface area (Å²) in [5.41, 5.74) is 1.21. The highest BCUT2D eigenvalue weighted by molar-refractivity contribution is 6.42. The lowest BCUT2D eigenvalue weighted by molar-refractivity contribution is -0.132. The fraction of sp³-hybridized carbons (Fsp3) is 0.357. The number of carbonyl (C=O) groups is 3. The summed E-state index contributed by atoms with van der Waals surface area (Å²) in [6.07, 6.45) is 2.21. The summed E-state index contributed by atoms with van der Waals surface area (Å²) < 4.78 is 30.5. The number of nitrogens with zero attached hydrogens (tertiary/aromatic N) is 4. The van der Waals surface area contributed by atoms with Crippen molar-refractivity contribution in [3.8, 4) is 17.2 Å². The third-order valence-corrected chi connectivity index (χ3v) is 12.2. The van der Waals surface area contributed by atoms with Crippen molar-refractivity contribution < 1.29 is 33.0 Å². The van der Waals surface area contributed by atoms with Gasteiger partial charge in [-0.3, -0.25) is 19.4 Å². The van der Waals surface area contributed by atoms with Crippen molar-refractivity contribution >= 4 is 46.7 Å². The van der Waals surface area contributed by atoms with Crippen molar-refractivity contribution in [1.82, 2.24) is 14.7 Å². The molecule has 10 nitrogen and oxygen atoms in total. The molecule has 0 aliphatic carbocycles. The number of hydrogen-bond donors (Lipinski definition) is 0. The molecule has 3 fully saturated rings. The van der Waals surface area contributed by atoms with Gasteiger partial charge in [-0.05, 0) is 91.9 Å². The van der Waals surface area contributed by atoms with E-state index in [1.807, 2.05) is 47.4 Å². The van der Waals surface area contributed by atoms with Crippen LogP contribution >= 0.6 is 23.2 Å². The number of piperidine rings is 1. The predicted molar refractivity (Wildman–Crippen MR) is 209 cm³/mol. The Kier molecular flexibility index (Phi) is 11.0. The molecule has 3 aliphatic rings. The molecule has 0 bridgehead atoms. The molecular weight excluding hydrogens is 746 g/mol. The second kappa shape index (κ2) is 15.7. The first kappa shape index (κ1) is 38.4. The standard InChI is InChI=1S/C42H43Cl2FN4O6/c1-53-35-23-29(24-36(54-2)37(35)55-3)38(50)47-22-16-41(27-47,30-9-14-33(43)34(44)25-30)15-19-46-20-17-42(18-21-46)39(51)48(26-28-7-5-4-6-8-28)40(52)49(42)32-12-10-31(45)11-13-32/h4-14,23-25H,15-22,26-27H2,1-3H3. The van der Waals surface area contributed by atoms with E-state index in [-0.39, 0.29) is 18.4 Å². The highest BCUT2D eigenvalue weighted by atomic mass is 35.5. The molecule has 4 amide bonds. The summed E-state index contributed by atoms with van der Waals surface area (Å²) in [6.45, 7) is 2.90. The van der Waals surface area contributed by atoms with Gasteiger partial charge in [-0.15, -0.1) is 0 Å². The first-order valence-electron chi connectivity index (χ1n) is 18.3. The van der Waals surface area contributed by atoms with E-state index in [1.165, 1.54) is 38.4 Å². The van der Waals surface area contributed by atoms with Crippen LogP contribution in [0.1, 0.15) is 47.2 Å². The maximum absolute atomic E-state index is 14.3. The summed E-state index contributed by atoms with van der Waals surface area (Å²) in [7, 11) is 4.55. The molecule has 0 N–H and O–H groups in total. The molecular formula is C42H43Cl2FN4O6. The van der Waals surface area contributed by atoms with E-state index < -0.39 is 22.8 Å². The normalized spacial score (nSPS) is 19.7. The van der Waals surface area contributed by atoms with Crippen molar-refractivity contribution in [2.24, 2.45) is 0 Å². The number of rotatable bonds is 11. The van der Waals surface area contributed by atoms with Gasteiger partial charge in [-0.2, -0.15) is 0 Å². The summed E-state index contributed by atoms with van der Waals surface area (Å²) in [6, 6.07) is 23.8. The molecule has 13 heteroatoms. The summed E-state index contributed by atoms with van der Waals surface area (Å²) in [4.78, 5) is 49.5. The highest BCUT2D eigenvalue weighted by Gasteiger charge is 2.58. The molecule has 0 saturated carbocycles. The maximum Gasteiger partial charge on any atom is 0.332 e. The van der Waals surface area contributed by atoms with E-state index in [0.29, 0.717) is 97.0 Å². The average Bonchev–Trinajstić information content (AvgIpc) is 3.73. The zero-order chi connectivity index (χ0) is 38.9. The SMILES string of the molecule is COc1cc(C(=O)N2CCC(CCN3CCC4(CC3)C(=O)N(Cc3ccccc3)C(=O)N4c3ccc(F)cc3)(c3ccc(Cl)c(Cl)c3)C2)cc(OC)c1OC. The Balaban J connectivity index is 1.11. The smallest absolute Gasteiger partial charge is 0.332 e. The van der Waals surface area contributed by atoms with Gasteiger partial charge in [-0.25, -0.2) is 9.18 Å². The largest absolute Gasteiger partial charge is 0.493 e. The zero-order valence-corrected chi connectivity index (χ0v) is 32.5. The summed E-state index contributed by atoms with van der Waals surface area (Å²) in [5.74, 6) is 0.377. The molecule has 0 aromatic heterocycles. The van der Waals surface area contributed by atoms with Gasteiger partial charge in [0.15, 0.2) is 11.5 Å². The van der Waals surface area contributed by atoms with Gasteiger partial charge in [0.05, 0.1) is 37.9 Å². The number of carbonyl (C=O) groups excluding carboxylic acids is 3. The maximum atomic E-state index is 14.3. The number of imide groups is 1. The van der Waals surface area contributed by atoms with Crippen molar-refractivity contribution in [2.75, 3.05) is 59.0 Å². The molecule has 4 aromatic carbocycles. The number of methoxy groups -OCH3 is 3. The first-order valence-corrected chi connectivity index (χ1v) is 19.0. The minimum atomic E-state index is -1.10. The molecule has 4 aromatic rings. The number of anilines is 1. The first-order chi connectivity index (χ1) is 26.5. The Labute approximate surface area is 330 Å². The van der Waals surface area contributed by atoms with Crippen LogP contribution in [0.5, 0.6) is 17.2 Å². The van der Waals surface area contributed by atoms with Gasteiger partial charge in [0.1, 0.15) is 11.4 Å². The van der Waals surface area contributed by atoms with E-state index in [2.05, 4.69) is 4.90 Å². The number of amides is 4. The lowest BCUT2D eigenvalue weighted by atomic mass is 9.76. The van der Waals surface area contributed by atoms with Crippen molar-refractivity contribution in [3.05, 3.63) is 117 Å². The van der Waals surface area contributed by atoms with Gasteiger partial charge >= 0.3 is 6.03 Å². The average molecular weight is 790 g/mol. The Morgan fingerprint density at radius 2 is 1.47 bits per heavy atom. The molecule has 1 spiro atoms. The summed E-state index contributed by atoms with van der Waals surface area (Å²) in [5, 5.41) is 0.895. The Morgan fingerprint density at radius 3 is 2.09 bits per heavy atom. The fourth-order valence-corrected chi connectivity index (χ4v) is 8.69. The van der Waals surface area contributed by atoms with Crippen LogP contribution in [0.15, 0.2) is 84.9 Å². The minimum absolute atomic E-state index is 0.152. The second-order valence-electron chi connectivity index (χ2n) is 14.4. The molecule has 55 heavy (non-hydrogen) atoms. The minimum Gasteiger partial charge on any atom is -0.493 e. The molecule has 0 radical (unpaired) electrons. The molecule has 288 valence electrons. The molecule has 3 saturated heterocycles. The number of urea groups is 1.